The maximum atomic E-state index is 12.9. The molecule has 5 unspecified atom stereocenters. The lowest BCUT2D eigenvalue weighted by atomic mass is 10.1. The summed E-state index contributed by atoms with van der Waals surface area (Å²) in [6.45, 7) is 2.18. The molecule has 0 aromatic heterocycles. The molecular weight excluding hydrogens is 1150 g/mol. The first-order valence-corrected chi connectivity index (χ1v) is 34.8. The van der Waals surface area contributed by atoms with Crippen molar-refractivity contribution < 1.29 is 75.8 Å². The molecule has 0 aromatic carbocycles. The number of esters is 3. The van der Waals surface area contributed by atoms with Gasteiger partial charge in [-0.25, -0.2) is 9.13 Å². The third-order valence-corrected chi connectivity index (χ3v) is 14.1. The minimum absolute atomic E-state index is 0.0688. The summed E-state index contributed by atoms with van der Waals surface area (Å²) in [5.74, 6) is -1.72. The van der Waals surface area contributed by atoms with Gasteiger partial charge in [-0.05, 0) is 135 Å². The van der Waals surface area contributed by atoms with Crippen LogP contribution < -0.4 is 0 Å². The predicted octanol–water partition coefficient (Wildman–Crippen LogP) is 17.2. The maximum absolute atomic E-state index is 12.9. The minimum atomic E-state index is -4.95. The van der Waals surface area contributed by atoms with Crippen LogP contribution in [0.4, 0.5) is 0 Å². The van der Waals surface area contributed by atoms with Crippen LogP contribution in [0.1, 0.15) is 201 Å². The lowest BCUT2D eigenvalue weighted by Crippen LogP contribution is -2.30. The third-order valence-electron chi connectivity index (χ3n) is 12.2. The molecule has 5 atom stereocenters. The Hall–Kier alpha value is -4.83. The molecule has 0 amide bonds. The highest BCUT2D eigenvalue weighted by Gasteiger charge is 2.29. The van der Waals surface area contributed by atoms with Crippen molar-refractivity contribution in [3.63, 3.8) is 0 Å². The summed E-state index contributed by atoms with van der Waals surface area (Å²) in [7, 11) is -9.81. The quantitative estimate of drug-likeness (QED) is 0.0146. The Bertz CT molecular complexity index is 2220. The topological polar surface area (TPSA) is 231 Å². The van der Waals surface area contributed by atoms with E-state index in [0.29, 0.717) is 25.7 Å². The smallest absolute Gasteiger partial charge is 0.463 e. The fraction of sp³-hybridized carbons (Fsp3) is 0.580. The van der Waals surface area contributed by atoms with Crippen molar-refractivity contribution in [1.82, 2.24) is 0 Å². The molecule has 0 saturated heterocycles. The van der Waals surface area contributed by atoms with Gasteiger partial charge in [0.2, 0.25) is 0 Å². The summed E-state index contributed by atoms with van der Waals surface area (Å²) in [4.78, 5) is 58.2. The van der Waals surface area contributed by atoms with Gasteiger partial charge in [0.05, 0.1) is 26.4 Å². The van der Waals surface area contributed by atoms with Gasteiger partial charge in [0.15, 0.2) is 6.10 Å². The molecular formula is C69H110O16P2. The molecule has 0 aliphatic heterocycles. The number of hydrogen-bond donors (Lipinski definition) is 4. The molecule has 0 bridgehead atoms. The molecule has 0 fully saturated rings. The van der Waals surface area contributed by atoms with Crippen LogP contribution in [0.25, 0.3) is 0 Å². The van der Waals surface area contributed by atoms with Crippen LogP contribution in [0, 0.1) is 0 Å². The molecule has 0 heterocycles. The van der Waals surface area contributed by atoms with Crippen molar-refractivity contribution in [3.8, 4) is 0 Å². The van der Waals surface area contributed by atoms with E-state index in [1.165, 1.54) is 0 Å². The lowest BCUT2D eigenvalue weighted by molar-refractivity contribution is -0.161. The van der Waals surface area contributed by atoms with Gasteiger partial charge < -0.3 is 34.2 Å². The molecule has 0 aliphatic carbocycles. The van der Waals surface area contributed by atoms with Crippen molar-refractivity contribution in [2.45, 2.75) is 219 Å². The van der Waals surface area contributed by atoms with Gasteiger partial charge in [0.25, 0.3) is 0 Å². The van der Waals surface area contributed by atoms with Gasteiger partial charge in [-0.3, -0.25) is 32.5 Å². The first-order valence-electron chi connectivity index (χ1n) is 31.8. The normalized spacial score (nSPS) is 15.3. The van der Waals surface area contributed by atoms with Gasteiger partial charge in [-0.15, -0.1) is 0 Å². The molecule has 0 spiro atoms. The number of allylic oxidation sites excluding steroid dienone is 26. The zero-order chi connectivity index (χ0) is 63.8. The van der Waals surface area contributed by atoms with Crippen LogP contribution in [0.3, 0.4) is 0 Å². The summed E-state index contributed by atoms with van der Waals surface area (Å²) in [6.07, 6.45) is 73.2. The summed E-state index contributed by atoms with van der Waals surface area (Å²) < 4.78 is 60.6. The Balaban J connectivity index is 4.76. The van der Waals surface area contributed by atoms with Crippen LogP contribution in [0.2, 0.25) is 0 Å². The highest BCUT2D eigenvalue weighted by molar-refractivity contribution is 7.47. The SMILES string of the molecule is CC/C=C\C/C=C\C/C=C\C/C=C\C/C=C\C/C=C\CCCCC(=O)OCC(O)COP(=O)(O)OCC(O)COP(=O)(O)OCC(COC(=O)CCC/C=C\C/C=C\C/C=C\C/C=C\C/C=C\CC)OC(=O)CCCCCCC/C=C\C/C=C\CCC. The Kier molecular flexibility index (Phi) is 58.0. The highest BCUT2D eigenvalue weighted by atomic mass is 31.2. The number of hydrogen-bond acceptors (Lipinski definition) is 14. The van der Waals surface area contributed by atoms with Crippen molar-refractivity contribution in [2.75, 3.05) is 39.6 Å². The fourth-order valence-corrected chi connectivity index (χ4v) is 8.99. The second kappa shape index (κ2) is 61.4. The van der Waals surface area contributed by atoms with E-state index < -0.39 is 91.5 Å². The van der Waals surface area contributed by atoms with E-state index in [4.69, 9.17) is 32.3 Å². The molecule has 87 heavy (non-hydrogen) atoms. The van der Waals surface area contributed by atoms with Gasteiger partial charge >= 0.3 is 33.6 Å². The molecule has 0 aliphatic rings. The van der Waals surface area contributed by atoms with Crippen LogP contribution in [-0.2, 0) is 55.8 Å². The summed E-state index contributed by atoms with van der Waals surface area (Å²) >= 11 is 0. The number of aliphatic hydroxyl groups is 2. The Morgan fingerprint density at radius 2 is 0.621 bits per heavy atom. The summed E-state index contributed by atoms with van der Waals surface area (Å²) in [6, 6.07) is 0. The summed E-state index contributed by atoms with van der Waals surface area (Å²) in [5.41, 5.74) is 0. The van der Waals surface area contributed by atoms with Crippen molar-refractivity contribution >= 4 is 33.6 Å². The van der Waals surface area contributed by atoms with Gasteiger partial charge in [-0.1, -0.05) is 204 Å². The lowest BCUT2D eigenvalue weighted by Gasteiger charge is -2.21. The van der Waals surface area contributed by atoms with E-state index in [9.17, 15) is 43.5 Å². The Morgan fingerprint density at radius 1 is 0.333 bits per heavy atom. The number of phosphoric ester groups is 2. The number of phosphoric acid groups is 2. The molecule has 0 rings (SSSR count). The van der Waals surface area contributed by atoms with Crippen LogP contribution >= 0.6 is 15.6 Å². The number of rotatable bonds is 58. The van der Waals surface area contributed by atoms with Gasteiger partial charge in [-0.2, -0.15) is 0 Å². The van der Waals surface area contributed by atoms with Crippen molar-refractivity contribution in [2.24, 2.45) is 0 Å². The second-order valence-corrected chi connectivity index (χ2v) is 23.3. The summed E-state index contributed by atoms with van der Waals surface area (Å²) in [5, 5.41) is 20.5. The molecule has 4 N–H and O–H groups in total. The molecule has 0 radical (unpaired) electrons. The third kappa shape index (κ3) is 62.6. The maximum Gasteiger partial charge on any atom is 0.472 e. The van der Waals surface area contributed by atoms with Crippen LogP contribution in [-0.4, -0.2) is 95.9 Å². The van der Waals surface area contributed by atoms with Crippen molar-refractivity contribution in [1.29, 1.82) is 0 Å². The monoisotopic (exact) mass is 1260 g/mol. The molecule has 0 aromatic rings. The first kappa shape index (κ1) is 82.2. The van der Waals surface area contributed by atoms with E-state index in [0.717, 1.165) is 135 Å². The predicted molar refractivity (Wildman–Crippen MR) is 352 cm³/mol. The number of carbonyl (C=O) groups excluding carboxylic acids is 3. The van der Waals surface area contributed by atoms with Crippen molar-refractivity contribution in [3.05, 3.63) is 158 Å². The molecule has 16 nitrogen and oxygen atoms in total. The second-order valence-electron chi connectivity index (χ2n) is 20.4. The minimum Gasteiger partial charge on any atom is -0.463 e. The van der Waals surface area contributed by atoms with E-state index in [2.05, 4.69) is 167 Å². The Morgan fingerprint density at radius 3 is 1.03 bits per heavy atom. The average molecular weight is 1260 g/mol. The van der Waals surface area contributed by atoms with Gasteiger partial charge in [0.1, 0.15) is 25.4 Å². The van der Waals surface area contributed by atoms with Crippen LogP contribution in [0.5, 0.6) is 0 Å². The molecule has 492 valence electrons. The van der Waals surface area contributed by atoms with E-state index in [1.54, 1.807) is 0 Å². The number of ether oxygens (including phenoxy) is 3. The largest absolute Gasteiger partial charge is 0.472 e. The fourth-order valence-electron chi connectivity index (χ4n) is 7.41. The number of unbranched alkanes of at least 4 members (excludes halogenated alkanes) is 9. The van der Waals surface area contributed by atoms with E-state index in [1.807, 2.05) is 12.2 Å². The molecule has 18 heteroatoms. The van der Waals surface area contributed by atoms with E-state index >= 15 is 0 Å². The average Bonchev–Trinajstić information content (AvgIpc) is 3.69. The van der Waals surface area contributed by atoms with Crippen LogP contribution in [0.15, 0.2) is 158 Å². The van der Waals surface area contributed by atoms with Gasteiger partial charge in [0, 0.05) is 19.3 Å². The number of aliphatic hydroxyl groups excluding tert-OH is 2. The standard InChI is InChI=1S/C69H110O16P2/c1-4-7-10-13-16-19-22-25-27-29-30-31-32-34-36-38-40-43-46-49-52-55-67(72)79-58-64(70)59-81-86(75,76)82-60-65(71)61-83-87(77,78)84-63-66(85-69(74)57-54-51-48-45-42-37-24-21-18-15-12-9-6-3)62-80-68(73)56-53-50-47-44-41-39-35-33-28-26-23-20-17-14-11-8-5-2/h7-8,10-12,15-17,19-21,24-28,30-31,34-36,39-40,43-44,47,64-66,70-71H,4-6,9,13-14,18,22-23,29,32-33,37-38,41-42,45-46,48-63H2,1-3H3,(H,75,76)(H,77,78)/b10-7-,11-8-,15-12-,19-16-,20-17-,24-21-,27-25-,28-26-,31-30-,36-34-,39-35-,43-40-,47-44-. The molecule has 0 saturated carbocycles. The Labute approximate surface area is 523 Å². The van der Waals surface area contributed by atoms with E-state index in [-0.39, 0.29) is 19.3 Å². The number of carbonyl (C=O) groups is 3. The zero-order valence-electron chi connectivity index (χ0n) is 52.9. The highest BCUT2D eigenvalue weighted by Crippen LogP contribution is 2.45. The zero-order valence-corrected chi connectivity index (χ0v) is 54.7. The first-order chi connectivity index (χ1) is 42.2.